The van der Waals surface area contributed by atoms with Crippen LogP contribution in [0.5, 0.6) is 0 Å². The van der Waals surface area contributed by atoms with Gasteiger partial charge in [-0.15, -0.1) is 0 Å². The number of nitrogens with one attached hydrogen (secondary N) is 1. The van der Waals surface area contributed by atoms with E-state index in [1.54, 1.807) is 30.3 Å². The first-order chi connectivity index (χ1) is 10.5. The smallest absolute Gasteiger partial charge is 0.335 e. The second-order valence-corrected chi connectivity index (χ2v) is 5.02. The molecule has 2 N–H and O–H groups in total. The molecule has 0 aliphatic rings. The number of carbonyl (C=O) groups excluding carboxylic acids is 1. The van der Waals surface area contributed by atoms with Gasteiger partial charge in [0.05, 0.1) is 22.4 Å². The number of carboxylic acid groups (broad SMARTS) is 1. The molecule has 0 radical (unpaired) electrons. The molecule has 0 heterocycles. The summed E-state index contributed by atoms with van der Waals surface area (Å²) >= 11 is 6.00. The highest BCUT2D eigenvalue weighted by molar-refractivity contribution is 6.33. The lowest BCUT2D eigenvalue weighted by atomic mass is 10.1. The van der Waals surface area contributed by atoms with E-state index >= 15 is 0 Å². The quantitative estimate of drug-likeness (QED) is 0.672. The topological polar surface area (TPSA) is 78.8 Å². The third kappa shape index (κ3) is 3.93. The van der Waals surface area contributed by atoms with E-state index in [4.69, 9.17) is 16.7 Å². The van der Waals surface area contributed by atoms with E-state index < -0.39 is 11.9 Å². The van der Waals surface area contributed by atoms with Crippen molar-refractivity contribution in [1.29, 1.82) is 0 Å². The molecular weight excluding hydrogens is 304 g/mol. The summed E-state index contributed by atoms with van der Waals surface area (Å²) in [7, 11) is 0. The number of benzene rings is 2. The molecule has 22 heavy (non-hydrogen) atoms. The monoisotopic (exact) mass is 316 g/mol. The number of aromatic carboxylic acids is 1. The third-order valence-electron chi connectivity index (χ3n) is 2.91. The summed E-state index contributed by atoms with van der Waals surface area (Å²) in [5.41, 5.74) is 4.53. The lowest BCUT2D eigenvalue weighted by Gasteiger charge is -2.03. The van der Waals surface area contributed by atoms with Crippen molar-refractivity contribution in [1.82, 2.24) is 5.43 Å². The maximum atomic E-state index is 11.9. The number of nitrogens with zero attached hydrogens (tertiary/aromatic N) is 1. The van der Waals surface area contributed by atoms with Crippen molar-refractivity contribution in [3.05, 3.63) is 69.7 Å². The fourth-order valence-electron chi connectivity index (χ4n) is 1.74. The number of aryl methyl sites for hydroxylation is 1. The van der Waals surface area contributed by atoms with Crippen LogP contribution in [-0.4, -0.2) is 23.2 Å². The molecule has 6 heteroatoms. The second-order valence-electron chi connectivity index (χ2n) is 4.61. The summed E-state index contributed by atoms with van der Waals surface area (Å²) in [5.74, 6) is -1.41. The Balaban J connectivity index is 2.02. The van der Waals surface area contributed by atoms with Crippen LogP contribution in [-0.2, 0) is 0 Å². The zero-order valence-electron chi connectivity index (χ0n) is 11.7. The van der Waals surface area contributed by atoms with Crippen molar-refractivity contribution >= 4 is 29.7 Å². The molecule has 0 aliphatic carbocycles. The Morgan fingerprint density at radius 1 is 1.18 bits per heavy atom. The van der Waals surface area contributed by atoms with Gasteiger partial charge >= 0.3 is 5.97 Å². The van der Waals surface area contributed by atoms with Crippen LogP contribution in [0.4, 0.5) is 0 Å². The molecule has 5 nitrogen and oxygen atoms in total. The van der Waals surface area contributed by atoms with Crippen molar-refractivity contribution in [3.63, 3.8) is 0 Å². The van der Waals surface area contributed by atoms with Gasteiger partial charge in [-0.3, -0.25) is 4.79 Å². The summed E-state index contributed by atoms with van der Waals surface area (Å²) in [5, 5.41) is 13.0. The molecule has 0 fully saturated rings. The highest BCUT2D eigenvalue weighted by Crippen LogP contribution is 2.17. The average Bonchev–Trinajstić information content (AvgIpc) is 2.47. The van der Waals surface area contributed by atoms with Gasteiger partial charge in [-0.1, -0.05) is 29.8 Å². The highest BCUT2D eigenvalue weighted by atomic mass is 35.5. The zero-order valence-corrected chi connectivity index (χ0v) is 12.5. The van der Waals surface area contributed by atoms with E-state index in [0.717, 1.165) is 5.56 Å². The molecule has 0 spiro atoms. The van der Waals surface area contributed by atoms with E-state index in [-0.39, 0.29) is 5.56 Å². The number of hydrogen-bond acceptors (Lipinski definition) is 3. The molecule has 2 aromatic rings. The van der Waals surface area contributed by atoms with Crippen LogP contribution >= 0.6 is 11.6 Å². The van der Waals surface area contributed by atoms with E-state index in [9.17, 15) is 9.59 Å². The Morgan fingerprint density at radius 2 is 1.86 bits per heavy atom. The van der Waals surface area contributed by atoms with Crippen molar-refractivity contribution in [2.75, 3.05) is 0 Å². The first-order valence-electron chi connectivity index (χ1n) is 6.40. The van der Waals surface area contributed by atoms with E-state index in [0.29, 0.717) is 16.1 Å². The highest BCUT2D eigenvalue weighted by Gasteiger charge is 2.09. The summed E-state index contributed by atoms with van der Waals surface area (Å²) in [6.45, 7) is 1.88. The number of hydrazone groups is 1. The van der Waals surface area contributed by atoms with Gasteiger partial charge in [0.2, 0.25) is 0 Å². The second kappa shape index (κ2) is 6.87. The van der Waals surface area contributed by atoms with Gasteiger partial charge in [-0.25, -0.2) is 10.2 Å². The third-order valence-corrected chi connectivity index (χ3v) is 3.22. The Kier molecular flexibility index (Phi) is 4.91. The SMILES string of the molecule is Cc1ccc(C(=O)N/N=C\c2ccc(C(=O)O)cc2)c(Cl)c1. The molecule has 0 saturated carbocycles. The molecular formula is C16H13ClN2O3. The molecule has 0 bridgehead atoms. The minimum Gasteiger partial charge on any atom is -0.478 e. The van der Waals surface area contributed by atoms with Gasteiger partial charge in [-0.05, 0) is 42.3 Å². The fourth-order valence-corrected chi connectivity index (χ4v) is 2.06. The number of rotatable bonds is 4. The molecule has 0 atom stereocenters. The van der Waals surface area contributed by atoms with Crippen LogP contribution in [0.15, 0.2) is 47.6 Å². The maximum Gasteiger partial charge on any atom is 0.335 e. The Bertz CT molecular complexity index is 740. The molecule has 2 aromatic carbocycles. The molecule has 0 aromatic heterocycles. The molecule has 0 aliphatic heterocycles. The Hall–Kier alpha value is -2.66. The van der Waals surface area contributed by atoms with Gasteiger partial charge in [-0.2, -0.15) is 5.10 Å². The van der Waals surface area contributed by atoms with E-state index in [1.807, 2.05) is 6.92 Å². The van der Waals surface area contributed by atoms with Crippen LogP contribution in [0.3, 0.4) is 0 Å². The predicted octanol–water partition coefficient (Wildman–Crippen LogP) is 3.11. The Labute approximate surface area is 132 Å². The van der Waals surface area contributed by atoms with Gasteiger partial charge in [0.15, 0.2) is 0 Å². The van der Waals surface area contributed by atoms with Gasteiger partial charge in [0.1, 0.15) is 0 Å². The number of hydrogen-bond donors (Lipinski definition) is 2. The molecule has 112 valence electrons. The lowest BCUT2D eigenvalue weighted by molar-refractivity contribution is 0.0696. The van der Waals surface area contributed by atoms with Crippen LogP contribution in [0, 0.1) is 6.92 Å². The van der Waals surface area contributed by atoms with Crippen molar-refractivity contribution < 1.29 is 14.7 Å². The number of carboxylic acids is 1. The van der Waals surface area contributed by atoms with Crippen LogP contribution < -0.4 is 5.43 Å². The van der Waals surface area contributed by atoms with Crippen LogP contribution in [0.1, 0.15) is 31.8 Å². The van der Waals surface area contributed by atoms with Crippen LogP contribution in [0.25, 0.3) is 0 Å². The standard InChI is InChI=1S/C16H13ClN2O3/c1-10-2-7-13(14(17)8-10)15(20)19-18-9-11-3-5-12(6-4-11)16(21)22/h2-9H,1H3,(H,19,20)(H,21,22)/b18-9-. The number of carbonyl (C=O) groups is 2. The normalized spacial score (nSPS) is 10.6. The minimum atomic E-state index is -0.995. The first-order valence-corrected chi connectivity index (χ1v) is 6.78. The lowest BCUT2D eigenvalue weighted by Crippen LogP contribution is -2.18. The van der Waals surface area contributed by atoms with Crippen molar-refractivity contribution in [2.45, 2.75) is 6.92 Å². The Morgan fingerprint density at radius 3 is 2.45 bits per heavy atom. The van der Waals surface area contributed by atoms with Crippen molar-refractivity contribution in [2.24, 2.45) is 5.10 Å². The molecule has 2 rings (SSSR count). The summed E-state index contributed by atoms with van der Waals surface area (Å²) in [6.07, 6.45) is 1.42. The molecule has 0 saturated heterocycles. The predicted molar refractivity (Wildman–Crippen MR) is 84.7 cm³/mol. The van der Waals surface area contributed by atoms with Gasteiger partial charge in [0, 0.05) is 0 Å². The minimum absolute atomic E-state index is 0.188. The maximum absolute atomic E-state index is 11.9. The largest absolute Gasteiger partial charge is 0.478 e. The molecule has 0 unspecified atom stereocenters. The first kappa shape index (κ1) is 15.7. The average molecular weight is 317 g/mol. The summed E-state index contributed by atoms with van der Waals surface area (Å²) in [6, 6.07) is 11.2. The van der Waals surface area contributed by atoms with Gasteiger partial charge < -0.3 is 5.11 Å². The zero-order chi connectivity index (χ0) is 16.1. The van der Waals surface area contributed by atoms with E-state index in [2.05, 4.69) is 10.5 Å². The van der Waals surface area contributed by atoms with Crippen molar-refractivity contribution in [3.8, 4) is 0 Å². The summed E-state index contributed by atoms with van der Waals surface area (Å²) in [4.78, 5) is 22.6. The molecule has 1 amide bonds. The van der Waals surface area contributed by atoms with Crippen LogP contribution in [0.2, 0.25) is 5.02 Å². The number of halogens is 1. The number of amides is 1. The summed E-state index contributed by atoms with van der Waals surface area (Å²) < 4.78 is 0. The van der Waals surface area contributed by atoms with Gasteiger partial charge in [0.25, 0.3) is 5.91 Å². The fraction of sp³-hybridized carbons (Fsp3) is 0.0625. The van der Waals surface area contributed by atoms with E-state index in [1.165, 1.54) is 18.3 Å².